The molecule has 2 aliphatic rings. The van der Waals surface area contributed by atoms with Gasteiger partial charge in [-0.25, -0.2) is 4.79 Å². The third-order valence-electron chi connectivity index (χ3n) is 5.92. The van der Waals surface area contributed by atoms with E-state index in [1.165, 1.54) is 11.1 Å². The minimum absolute atomic E-state index is 0.214. The van der Waals surface area contributed by atoms with Crippen LogP contribution in [0.5, 0.6) is 0 Å². The van der Waals surface area contributed by atoms with Crippen LogP contribution < -0.4 is 5.32 Å². The van der Waals surface area contributed by atoms with Crippen LogP contribution >= 0.6 is 0 Å². The number of hydrogen-bond donors (Lipinski definition) is 2. The molecule has 2 N–H and O–H groups in total. The van der Waals surface area contributed by atoms with Crippen molar-refractivity contribution < 1.29 is 9.90 Å². The monoisotopic (exact) mass is 350 g/mol. The van der Waals surface area contributed by atoms with Crippen LogP contribution in [0, 0.1) is 0 Å². The number of carboxylic acid groups (broad SMARTS) is 1. The lowest BCUT2D eigenvalue weighted by Gasteiger charge is -2.37. The van der Waals surface area contributed by atoms with E-state index in [1.54, 1.807) is 4.90 Å². The summed E-state index contributed by atoms with van der Waals surface area (Å²) in [5.74, 6) is 0.500. The van der Waals surface area contributed by atoms with Crippen molar-refractivity contribution in [1.82, 2.24) is 4.90 Å². The number of benzene rings is 2. The molecule has 0 aromatic heterocycles. The first kappa shape index (κ1) is 17.0. The Bertz CT molecular complexity index is 730. The van der Waals surface area contributed by atoms with Gasteiger partial charge in [0.25, 0.3) is 0 Å². The predicted octanol–water partition coefficient (Wildman–Crippen LogP) is 4.73. The molecule has 2 fully saturated rings. The number of piperidine rings is 1. The molecule has 26 heavy (non-hydrogen) atoms. The van der Waals surface area contributed by atoms with Crippen molar-refractivity contribution in [2.75, 3.05) is 11.9 Å². The van der Waals surface area contributed by atoms with Crippen molar-refractivity contribution in [2.45, 2.75) is 50.1 Å². The molecule has 4 heteroatoms. The first-order valence-electron chi connectivity index (χ1n) is 9.60. The zero-order chi connectivity index (χ0) is 17.9. The molecule has 2 atom stereocenters. The van der Waals surface area contributed by atoms with E-state index >= 15 is 0 Å². The number of nitrogens with one attached hydrogen (secondary N) is 1. The van der Waals surface area contributed by atoms with E-state index in [1.807, 2.05) is 18.2 Å². The first-order chi connectivity index (χ1) is 12.7. The first-order valence-corrected chi connectivity index (χ1v) is 9.60. The molecule has 0 saturated carbocycles. The molecule has 2 bridgehead atoms. The number of amides is 1. The molecule has 0 aliphatic carbocycles. The van der Waals surface area contributed by atoms with E-state index in [0.29, 0.717) is 5.92 Å². The number of hydrogen-bond acceptors (Lipinski definition) is 2. The molecule has 2 heterocycles. The Kier molecular flexibility index (Phi) is 4.83. The van der Waals surface area contributed by atoms with Crippen LogP contribution in [0.25, 0.3) is 0 Å². The maximum atomic E-state index is 11.4. The zero-order valence-corrected chi connectivity index (χ0v) is 15.0. The van der Waals surface area contributed by atoms with Gasteiger partial charge in [-0.2, -0.15) is 0 Å². The second-order valence-electron chi connectivity index (χ2n) is 7.53. The molecule has 2 aromatic rings. The number of carbonyl (C=O) groups is 1. The van der Waals surface area contributed by atoms with Gasteiger partial charge in [-0.15, -0.1) is 0 Å². The Balaban J connectivity index is 1.33. The second-order valence-corrected chi connectivity index (χ2v) is 7.53. The summed E-state index contributed by atoms with van der Waals surface area (Å²) in [4.78, 5) is 13.1. The van der Waals surface area contributed by atoms with Gasteiger partial charge in [0.2, 0.25) is 0 Å². The van der Waals surface area contributed by atoms with Crippen molar-refractivity contribution in [3.8, 4) is 0 Å². The average Bonchev–Trinajstić information content (AvgIpc) is 2.94. The highest BCUT2D eigenvalue weighted by Gasteiger charge is 2.43. The lowest BCUT2D eigenvalue weighted by Crippen LogP contribution is -2.45. The summed E-state index contributed by atoms with van der Waals surface area (Å²) in [7, 11) is 0. The van der Waals surface area contributed by atoms with Crippen LogP contribution in [0.4, 0.5) is 10.5 Å². The van der Waals surface area contributed by atoms with E-state index in [9.17, 15) is 9.90 Å². The smallest absolute Gasteiger partial charge is 0.407 e. The van der Waals surface area contributed by atoms with Gasteiger partial charge in [-0.3, -0.25) is 0 Å². The van der Waals surface area contributed by atoms with Crippen molar-refractivity contribution in [3.05, 3.63) is 65.7 Å². The van der Waals surface area contributed by atoms with Crippen molar-refractivity contribution >= 4 is 11.8 Å². The van der Waals surface area contributed by atoms with Crippen LogP contribution in [0.2, 0.25) is 0 Å². The van der Waals surface area contributed by atoms with Crippen LogP contribution in [0.3, 0.4) is 0 Å². The summed E-state index contributed by atoms with van der Waals surface area (Å²) in [6.45, 7) is 0.921. The quantitative estimate of drug-likeness (QED) is 0.820. The largest absolute Gasteiger partial charge is 0.465 e. The molecule has 2 aromatic carbocycles. The van der Waals surface area contributed by atoms with Gasteiger partial charge in [0.15, 0.2) is 0 Å². The molecule has 0 radical (unpaired) electrons. The van der Waals surface area contributed by atoms with Crippen molar-refractivity contribution in [2.24, 2.45) is 0 Å². The Labute approximate surface area is 154 Å². The molecule has 2 aliphatic heterocycles. The van der Waals surface area contributed by atoms with Crippen molar-refractivity contribution in [1.29, 1.82) is 0 Å². The molecular weight excluding hydrogens is 324 g/mol. The van der Waals surface area contributed by atoms with E-state index in [0.717, 1.165) is 44.3 Å². The number of nitrogens with zero attached hydrogens (tertiary/aromatic N) is 1. The standard InChI is InChI=1S/C22H26N2O2/c25-22(26)24-20-10-11-21(24)15-18(14-20)17-8-6-16(7-9-17)12-13-23-19-4-2-1-3-5-19/h1-9,18,20-21,23H,10-15H2,(H,25,26). The highest BCUT2D eigenvalue weighted by Crippen LogP contribution is 2.43. The number of fused-ring (bicyclic) bond motifs is 2. The fourth-order valence-electron chi connectivity index (χ4n) is 4.63. The van der Waals surface area contributed by atoms with E-state index in [4.69, 9.17) is 0 Å². The predicted molar refractivity (Wildman–Crippen MR) is 104 cm³/mol. The topological polar surface area (TPSA) is 52.6 Å². The molecule has 2 saturated heterocycles. The SMILES string of the molecule is O=C(O)N1C2CCC1CC(c1ccc(CCNc3ccccc3)cc1)C2. The number of anilines is 1. The third kappa shape index (κ3) is 3.55. The van der Waals surface area contributed by atoms with Gasteiger partial charge < -0.3 is 15.3 Å². The van der Waals surface area contributed by atoms with Gasteiger partial charge in [-0.05, 0) is 61.3 Å². The zero-order valence-electron chi connectivity index (χ0n) is 15.0. The highest BCUT2D eigenvalue weighted by molar-refractivity contribution is 5.66. The Morgan fingerprint density at radius 3 is 2.27 bits per heavy atom. The van der Waals surface area contributed by atoms with Gasteiger partial charge in [0.05, 0.1) is 0 Å². The maximum absolute atomic E-state index is 11.4. The number of para-hydroxylation sites is 1. The normalized spacial score (nSPS) is 24.5. The molecule has 0 spiro atoms. The lowest BCUT2D eigenvalue weighted by molar-refractivity contribution is 0.0965. The van der Waals surface area contributed by atoms with E-state index < -0.39 is 6.09 Å². The lowest BCUT2D eigenvalue weighted by atomic mass is 9.85. The van der Waals surface area contributed by atoms with Crippen LogP contribution in [0.1, 0.15) is 42.7 Å². The molecule has 4 rings (SSSR count). The molecule has 4 nitrogen and oxygen atoms in total. The maximum Gasteiger partial charge on any atom is 0.407 e. The van der Waals surface area contributed by atoms with Gasteiger partial charge in [0.1, 0.15) is 0 Å². The Morgan fingerprint density at radius 1 is 1.00 bits per heavy atom. The molecule has 1 amide bonds. The average molecular weight is 350 g/mol. The second kappa shape index (κ2) is 7.40. The summed E-state index contributed by atoms with van der Waals surface area (Å²) in [5.41, 5.74) is 3.86. The minimum Gasteiger partial charge on any atom is -0.465 e. The Hall–Kier alpha value is -2.49. The molecule has 2 unspecified atom stereocenters. The van der Waals surface area contributed by atoms with Gasteiger partial charge in [-0.1, -0.05) is 42.5 Å². The summed E-state index contributed by atoms with van der Waals surface area (Å²) in [6.07, 6.45) is 4.25. The summed E-state index contributed by atoms with van der Waals surface area (Å²) >= 11 is 0. The van der Waals surface area contributed by atoms with Gasteiger partial charge >= 0.3 is 6.09 Å². The van der Waals surface area contributed by atoms with E-state index in [2.05, 4.69) is 41.7 Å². The summed E-state index contributed by atoms with van der Waals surface area (Å²) in [5, 5.41) is 12.8. The molecular formula is C22H26N2O2. The van der Waals surface area contributed by atoms with E-state index in [-0.39, 0.29) is 12.1 Å². The fourth-order valence-corrected chi connectivity index (χ4v) is 4.63. The molecule has 136 valence electrons. The van der Waals surface area contributed by atoms with Crippen LogP contribution in [-0.2, 0) is 6.42 Å². The third-order valence-corrected chi connectivity index (χ3v) is 5.92. The van der Waals surface area contributed by atoms with Crippen LogP contribution in [-0.4, -0.2) is 34.7 Å². The van der Waals surface area contributed by atoms with Crippen LogP contribution in [0.15, 0.2) is 54.6 Å². The van der Waals surface area contributed by atoms with Gasteiger partial charge in [0, 0.05) is 24.3 Å². The Morgan fingerprint density at radius 2 is 1.65 bits per heavy atom. The summed E-state index contributed by atoms with van der Waals surface area (Å²) in [6, 6.07) is 19.7. The summed E-state index contributed by atoms with van der Waals surface area (Å²) < 4.78 is 0. The number of rotatable bonds is 5. The van der Waals surface area contributed by atoms with Crippen molar-refractivity contribution in [3.63, 3.8) is 0 Å². The highest BCUT2D eigenvalue weighted by atomic mass is 16.4. The fraction of sp³-hybridized carbons (Fsp3) is 0.409. The minimum atomic E-state index is -0.739.